The molecule has 0 aromatic heterocycles. The van der Waals surface area contributed by atoms with Crippen LogP contribution in [0.4, 0.5) is 4.79 Å². The highest BCUT2D eigenvalue weighted by Gasteiger charge is 2.37. The van der Waals surface area contributed by atoms with E-state index in [9.17, 15) is 19.5 Å². The first-order valence-electron chi connectivity index (χ1n) is 11.8. The number of nitrogens with zero attached hydrogens (tertiary/aromatic N) is 1. The summed E-state index contributed by atoms with van der Waals surface area (Å²) < 4.78 is 5.36. The van der Waals surface area contributed by atoms with Gasteiger partial charge in [0.15, 0.2) is 0 Å². The van der Waals surface area contributed by atoms with Gasteiger partial charge in [0.05, 0.1) is 6.61 Å². The molecule has 1 rings (SSSR count). The molecule has 2 unspecified atom stereocenters. The van der Waals surface area contributed by atoms with E-state index in [4.69, 9.17) is 4.74 Å². The van der Waals surface area contributed by atoms with E-state index < -0.39 is 35.2 Å². The van der Waals surface area contributed by atoms with Crippen LogP contribution in [0.5, 0.6) is 0 Å². The third-order valence-corrected chi connectivity index (χ3v) is 4.74. The predicted octanol–water partition coefficient (Wildman–Crippen LogP) is 3.71. The molecule has 2 atom stereocenters. The number of carbonyl (C=O) groups excluding carboxylic acids is 3. The number of hydrogen-bond donors (Lipinski definition) is 3. The monoisotopic (exact) mass is 477 g/mol. The molecule has 0 aliphatic carbocycles. The van der Waals surface area contributed by atoms with Crippen molar-refractivity contribution < 1.29 is 24.2 Å². The van der Waals surface area contributed by atoms with Crippen LogP contribution < -0.4 is 10.6 Å². The number of amides is 3. The molecule has 1 aromatic carbocycles. The average Bonchev–Trinajstić information content (AvgIpc) is 2.63. The number of alkyl carbamates (subject to hydrolysis) is 1. The molecule has 0 aliphatic heterocycles. The van der Waals surface area contributed by atoms with Crippen molar-refractivity contribution in [1.29, 1.82) is 0 Å². The smallest absolute Gasteiger partial charge is 0.408 e. The van der Waals surface area contributed by atoms with Crippen LogP contribution in [0, 0.1) is 12.8 Å². The molecule has 0 spiro atoms. The second-order valence-corrected chi connectivity index (χ2v) is 11.1. The van der Waals surface area contributed by atoms with E-state index in [2.05, 4.69) is 10.6 Å². The lowest BCUT2D eigenvalue weighted by molar-refractivity contribution is -0.144. The van der Waals surface area contributed by atoms with E-state index >= 15 is 0 Å². The third-order valence-electron chi connectivity index (χ3n) is 4.74. The maximum absolute atomic E-state index is 13.8. The van der Waals surface area contributed by atoms with Crippen LogP contribution in [-0.4, -0.2) is 58.2 Å². The van der Waals surface area contributed by atoms with Gasteiger partial charge in [0.2, 0.25) is 11.8 Å². The van der Waals surface area contributed by atoms with E-state index in [0.29, 0.717) is 12.0 Å². The van der Waals surface area contributed by atoms with Gasteiger partial charge in [-0.2, -0.15) is 0 Å². The van der Waals surface area contributed by atoms with Crippen molar-refractivity contribution in [1.82, 2.24) is 15.5 Å². The highest BCUT2D eigenvalue weighted by molar-refractivity contribution is 5.92. The molecule has 1 aromatic rings. The summed E-state index contributed by atoms with van der Waals surface area (Å²) in [6, 6.07) is 5.48. The Morgan fingerprint density at radius 1 is 1.09 bits per heavy atom. The molecule has 0 bridgehead atoms. The Hall–Kier alpha value is -2.61. The van der Waals surface area contributed by atoms with Gasteiger partial charge in [0, 0.05) is 12.1 Å². The van der Waals surface area contributed by atoms with Gasteiger partial charge in [-0.15, -0.1) is 0 Å². The summed E-state index contributed by atoms with van der Waals surface area (Å²) in [5, 5.41) is 15.4. The van der Waals surface area contributed by atoms with Gasteiger partial charge in [0.25, 0.3) is 0 Å². The van der Waals surface area contributed by atoms with Gasteiger partial charge < -0.3 is 25.4 Å². The fourth-order valence-electron chi connectivity index (χ4n) is 3.57. The fraction of sp³-hybridized carbons (Fsp3) is 0.654. The van der Waals surface area contributed by atoms with Gasteiger partial charge >= 0.3 is 6.09 Å². The summed E-state index contributed by atoms with van der Waals surface area (Å²) in [6.45, 7) is 16.2. The summed E-state index contributed by atoms with van der Waals surface area (Å²) in [6.07, 6.45) is -0.358. The van der Waals surface area contributed by atoms with Crippen molar-refractivity contribution in [2.45, 2.75) is 92.0 Å². The number of aliphatic hydroxyl groups is 1. The lowest BCUT2D eigenvalue weighted by Gasteiger charge is -2.36. The predicted molar refractivity (Wildman–Crippen MR) is 133 cm³/mol. The van der Waals surface area contributed by atoms with Crippen molar-refractivity contribution in [3.63, 3.8) is 0 Å². The number of ether oxygens (including phenoxy) is 1. The van der Waals surface area contributed by atoms with E-state index in [1.54, 1.807) is 26.8 Å². The molecule has 3 N–H and O–H groups in total. The van der Waals surface area contributed by atoms with E-state index in [0.717, 1.165) is 5.56 Å². The van der Waals surface area contributed by atoms with Crippen molar-refractivity contribution >= 4 is 17.9 Å². The molecule has 0 heterocycles. The average molecular weight is 478 g/mol. The van der Waals surface area contributed by atoms with E-state index in [-0.39, 0.29) is 25.0 Å². The highest BCUT2D eigenvalue weighted by atomic mass is 16.6. The molecule has 0 saturated heterocycles. The Kier molecular flexibility index (Phi) is 10.6. The molecule has 8 nitrogen and oxygen atoms in total. The first-order chi connectivity index (χ1) is 15.5. The minimum Gasteiger partial charge on any atom is -0.444 e. The maximum atomic E-state index is 13.8. The summed E-state index contributed by atoms with van der Waals surface area (Å²) in [5.74, 6) is -0.731. The van der Waals surface area contributed by atoms with Gasteiger partial charge in [0.1, 0.15) is 17.7 Å². The molecular weight excluding hydrogens is 434 g/mol. The van der Waals surface area contributed by atoms with Crippen LogP contribution in [-0.2, 0) is 14.3 Å². The third kappa shape index (κ3) is 10.1. The molecular formula is C26H43N3O5. The zero-order valence-corrected chi connectivity index (χ0v) is 22.2. The van der Waals surface area contributed by atoms with Gasteiger partial charge in [-0.1, -0.05) is 43.7 Å². The number of aryl methyl sites for hydroxylation is 1. The van der Waals surface area contributed by atoms with Crippen LogP contribution in [0.25, 0.3) is 0 Å². The largest absolute Gasteiger partial charge is 0.444 e. The fourth-order valence-corrected chi connectivity index (χ4v) is 3.57. The van der Waals surface area contributed by atoms with Crippen LogP contribution in [0.1, 0.15) is 79.0 Å². The number of rotatable bonds is 9. The molecule has 0 fully saturated rings. The Bertz CT molecular complexity index is 840. The van der Waals surface area contributed by atoms with Gasteiger partial charge in [-0.05, 0) is 66.4 Å². The Morgan fingerprint density at radius 2 is 1.71 bits per heavy atom. The summed E-state index contributed by atoms with van der Waals surface area (Å²) in [7, 11) is 0. The van der Waals surface area contributed by atoms with Gasteiger partial charge in [-0.3, -0.25) is 9.59 Å². The van der Waals surface area contributed by atoms with Crippen LogP contribution in [0.3, 0.4) is 0 Å². The Labute approximate surface area is 204 Å². The molecule has 3 amide bonds. The lowest BCUT2D eigenvalue weighted by atomic mass is 9.97. The highest BCUT2D eigenvalue weighted by Crippen LogP contribution is 2.25. The number of hydrogen-bond acceptors (Lipinski definition) is 5. The number of carbonyl (C=O) groups is 3. The molecule has 8 heteroatoms. The number of nitrogens with one attached hydrogen (secondary N) is 2. The molecule has 192 valence electrons. The summed E-state index contributed by atoms with van der Waals surface area (Å²) >= 11 is 0. The first kappa shape index (κ1) is 29.4. The standard InChI is InChI=1S/C26H43N3O5/c1-17(2)15-20(27-24(33)34-26(7,8)9)23(32)29(13-14-30)21(22(31)28-25(4,5)6)19-12-10-11-18(3)16-19/h10-12,16-17,20-21,30H,13-15H2,1-9H3,(H,27,33)(H,28,31). The molecule has 0 aliphatic rings. The molecule has 34 heavy (non-hydrogen) atoms. The number of aliphatic hydroxyl groups excluding tert-OH is 1. The summed E-state index contributed by atoms with van der Waals surface area (Å²) in [5.41, 5.74) is 0.313. The minimum atomic E-state index is -0.978. The second kappa shape index (κ2) is 12.2. The SMILES string of the molecule is Cc1cccc(C(C(=O)NC(C)(C)C)N(CCO)C(=O)C(CC(C)C)NC(=O)OC(C)(C)C)c1. The summed E-state index contributed by atoms with van der Waals surface area (Å²) in [4.78, 5) is 41.1. The van der Waals surface area contributed by atoms with Gasteiger partial charge in [-0.25, -0.2) is 4.79 Å². The van der Waals surface area contributed by atoms with Crippen LogP contribution in [0.2, 0.25) is 0 Å². The Balaban J connectivity index is 3.45. The first-order valence-corrected chi connectivity index (χ1v) is 11.8. The topological polar surface area (TPSA) is 108 Å². The maximum Gasteiger partial charge on any atom is 0.408 e. The van der Waals surface area contributed by atoms with Crippen molar-refractivity contribution in [3.05, 3.63) is 35.4 Å². The molecule has 0 saturated carbocycles. The van der Waals surface area contributed by atoms with Crippen LogP contribution >= 0.6 is 0 Å². The van der Waals surface area contributed by atoms with Crippen molar-refractivity contribution in [3.8, 4) is 0 Å². The quantitative estimate of drug-likeness (QED) is 0.502. The Morgan fingerprint density at radius 3 is 2.18 bits per heavy atom. The minimum absolute atomic E-state index is 0.0698. The number of benzene rings is 1. The van der Waals surface area contributed by atoms with Crippen molar-refractivity contribution in [2.75, 3.05) is 13.2 Å². The normalized spacial score (nSPS) is 13.7. The van der Waals surface area contributed by atoms with Crippen LogP contribution in [0.15, 0.2) is 24.3 Å². The zero-order chi connectivity index (χ0) is 26.3. The van der Waals surface area contributed by atoms with E-state index in [1.807, 2.05) is 59.7 Å². The van der Waals surface area contributed by atoms with Crippen molar-refractivity contribution in [2.24, 2.45) is 5.92 Å². The zero-order valence-electron chi connectivity index (χ0n) is 22.2. The van der Waals surface area contributed by atoms with E-state index in [1.165, 1.54) is 4.90 Å². The lowest BCUT2D eigenvalue weighted by Crippen LogP contribution is -2.55. The second-order valence-electron chi connectivity index (χ2n) is 11.1. The molecule has 0 radical (unpaired) electrons.